The van der Waals surface area contributed by atoms with E-state index >= 15 is 0 Å². The molecule has 5 heteroatoms. The lowest BCUT2D eigenvalue weighted by Crippen LogP contribution is -2.32. The van der Waals surface area contributed by atoms with Crippen LogP contribution in [-0.4, -0.2) is 62.0 Å². The maximum absolute atomic E-state index is 7.34. The predicted molar refractivity (Wildman–Crippen MR) is 81.5 cm³/mol. The number of amidine groups is 1. The maximum atomic E-state index is 7.34. The zero-order valence-electron chi connectivity index (χ0n) is 12.1. The minimum atomic E-state index is 0.0882. The van der Waals surface area contributed by atoms with Crippen LogP contribution in [-0.2, 0) is 0 Å². The lowest BCUT2D eigenvalue weighted by molar-refractivity contribution is 0.213. The molecule has 0 atom stereocenters. The third-order valence-electron chi connectivity index (χ3n) is 3.65. The van der Waals surface area contributed by atoms with Crippen LogP contribution in [0.3, 0.4) is 0 Å². The Hall–Kier alpha value is -1.59. The molecule has 20 heavy (non-hydrogen) atoms. The Balaban J connectivity index is 1.73. The molecule has 1 aliphatic rings. The normalized spacial score (nSPS) is 17.6. The summed E-state index contributed by atoms with van der Waals surface area (Å²) >= 11 is 0. The van der Waals surface area contributed by atoms with Crippen molar-refractivity contribution in [2.45, 2.75) is 6.42 Å². The first-order valence-electron chi connectivity index (χ1n) is 7.13. The Labute approximate surface area is 120 Å². The molecule has 1 saturated heterocycles. The highest BCUT2D eigenvalue weighted by Crippen LogP contribution is 2.12. The highest BCUT2D eigenvalue weighted by atomic mass is 16.5. The van der Waals surface area contributed by atoms with Crippen LogP contribution in [0, 0.1) is 5.41 Å². The quantitative estimate of drug-likeness (QED) is 0.622. The number of nitrogens with two attached hydrogens (primary N) is 1. The zero-order valence-corrected chi connectivity index (χ0v) is 12.1. The van der Waals surface area contributed by atoms with Gasteiger partial charge in [0.05, 0.1) is 0 Å². The fourth-order valence-electron chi connectivity index (χ4n) is 2.35. The third-order valence-corrected chi connectivity index (χ3v) is 3.65. The number of nitrogens with zero attached hydrogens (tertiary/aromatic N) is 2. The first-order valence-corrected chi connectivity index (χ1v) is 7.13. The maximum Gasteiger partial charge on any atom is 0.122 e. The van der Waals surface area contributed by atoms with Crippen LogP contribution in [0.1, 0.15) is 12.0 Å². The third kappa shape index (κ3) is 4.51. The molecule has 3 N–H and O–H groups in total. The van der Waals surface area contributed by atoms with Crippen LogP contribution in [0.15, 0.2) is 24.3 Å². The van der Waals surface area contributed by atoms with Crippen molar-refractivity contribution >= 4 is 5.84 Å². The average Bonchev–Trinajstić information content (AvgIpc) is 2.64. The van der Waals surface area contributed by atoms with Gasteiger partial charge in [-0.05, 0) is 50.8 Å². The van der Waals surface area contributed by atoms with E-state index in [0.717, 1.165) is 37.5 Å². The molecule has 0 saturated carbocycles. The summed E-state index contributed by atoms with van der Waals surface area (Å²) in [4.78, 5) is 4.83. The molecular weight excluding hydrogens is 252 g/mol. The SMILES string of the molecule is CN1CCCN(CCOc2ccc(C(=N)N)cc2)CC1. The summed E-state index contributed by atoms with van der Waals surface area (Å²) in [5.41, 5.74) is 6.15. The van der Waals surface area contributed by atoms with E-state index in [1.807, 2.05) is 24.3 Å². The largest absolute Gasteiger partial charge is 0.492 e. The monoisotopic (exact) mass is 276 g/mol. The van der Waals surface area contributed by atoms with E-state index in [9.17, 15) is 0 Å². The molecule has 0 amide bonds. The average molecular weight is 276 g/mol. The van der Waals surface area contributed by atoms with E-state index in [2.05, 4.69) is 16.8 Å². The van der Waals surface area contributed by atoms with Crippen molar-refractivity contribution in [3.63, 3.8) is 0 Å². The molecule has 1 aliphatic heterocycles. The first kappa shape index (κ1) is 14.8. The van der Waals surface area contributed by atoms with Crippen molar-refractivity contribution in [3.8, 4) is 5.75 Å². The summed E-state index contributed by atoms with van der Waals surface area (Å²) in [5.74, 6) is 0.923. The fraction of sp³-hybridized carbons (Fsp3) is 0.533. The van der Waals surface area contributed by atoms with Crippen molar-refractivity contribution in [2.75, 3.05) is 46.4 Å². The summed E-state index contributed by atoms with van der Waals surface area (Å²) < 4.78 is 5.74. The van der Waals surface area contributed by atoms with Crippen molar-refractivity contribution < 1.29 is 4.74 Å². The van der Waals surface area contributed by atoms with Crippen molar-refractivity contribution in [2.24, 2.45) is 5.73 Å². The Morgan fingerprint density at radius 3 is 2.65 bits per heavy atom. The van der Waals surface area contributed by atoms with Gasteiger partial charge in [-0.1, -0.05) is 0 Å². The summed E-state index contributed by atoms with van der Waals surface area (Å²) in [6, 6.07) is 7.37. The molecule has 0 aromatic heterocycles. The number of ether oxygens (including phenoxy) is 1. The number of benzene rings is 1. The highest BCUT2D eigenvalue weighted by Gasteiger charge is 2.11. The lowest BCUT2D eigenvalue weighted by atomic mass is 10.2. The number of hydrogen-bond donors (Lipinski definition) is 2. The van der Waals surface area contributed by atoms with Crippen molar-refractivity contribution in [1.82, 2.24) is 9.80 Å². The summed E-state index contributed by atoms with van der Waals surface area (Å²) in [6.45, 7) is 6.24. The molecule has 0 radical (unpaired) electrons. The molecule has 0 aliphatic carbocycles. The second-order valence-corrected chi connectivity index (χ2v) is 5.28. The second-order valence-electron chi connectivity index (χ2n) is 5.28. The number of nitrogen functional groups attached to an aromatic ring is 1. The Morgan fingerprint density at radius 2 is 1.95 bits per heavy atom. The second kappa shape index (κ2) is 7.26. The standard InChI is InChI=1S/C15H24N4O/c1-18-7-2-8-19(10-9-18)11-12-20-14-5-3-13(4-6-14)15(16)17/h3-6H,2,7-12H2,1H3,(H3,16,17). The molecule has 1 aromatic carbocycles. The van der Waals surface area contributed by atoms with Gasteiger partial charge in [0.1, 0.15) is 18.2 Å². The number of rotatable bonds is 5. The van der Waals surface area contributed by atoms with E-state index in [1.54, 1.807) is 0 Å². The van der Waals surface area contributed by atoms with Crippen molar-refractivity contribution in [3.05, 3.63) is 29.8 Å². The predicted octanol–water partition coefficient (Wildman–Crippen LogP) is 0.987. The van der Waals surface area contributed by atoms with Crippen LogP contribution in [0.5, 0.6) is 5.75 Å². The molecule has 0 unspecified atom stereocenters. The first-order chi connectivity index (χ1) is 9.65. The van der Waals surface area contributed by atoms with Gasteiger partial charge in [-0.15, -0.1) is 0 Å². The summed E-state index contributed by atoms with van der Waals surface area (Å²) in [7, 11) is 2.18. The van der Waals surface area contributed by atoms with Crippen LogP contribution in [0.4, 0.5) is 0 Å². The minimum absolute atomic E-state index is 0.0882. The zero-order chi connectivity index (χ0) is 14.4. The Bertz CT molecular complexity index is 432. The van der Waals surface area contributed by atoms with Gasteiger partial charge in [-0.25, -0.2) is 0 Å². The molecular formula is C15H24N4O. The van der Waals surface area contributed by atoms with Crippen LogP contribution >= 0.6 is 0 Å². The van der Waals surface area contributed by atoms with Gasteiger partial charge in [-0.2, -0.15) is 0 Å². The Morgan fingerprint density at radius 1 is 1.20 bits per heavy atom. The number of hydrogen-bond acceptors (Lipinski definition) is 4. The van der Waals surface area contributed by atoms with E-state index in [4.69, 9.17) is 15.9 Å². The molecule has 0 bridgehead atoms. The summed E-state index contributed by atoms with van der Waals surface area (Å²) in [6.07, 6.45) is 1.23. The molecule has 110 valence electrons. The van der Waals surface area contributed by atoms with E-state index in [1.165, 1.54) is 13.0 Å². The van der Waals surface area contributed by atoms with E-state index in [-0.39, 0.29) is 5.84 Å². The molecule has 2 rings (SSSR count). The van der Waals surface area contributed by atoms with Gasteiger partial charge >= 0.3 is 0 Å². The lowest BCUT2D eigenvalue weighted by Gasteiger charge is -2.20. The topological polar surface area (TPSA) is 65.6 Å². The number of likely N-dealkylation sites (N-methyl/N-ethyl adjacent to an activating group) is 1. The minimum Gasteiger partial charge on any atom is -0.492 e. The van der Waals surface area contributed by atoms with Gasteiger partial charge in [0.15, 0.2) is 0 Å². The van der Waals surface area contributed by atoms with Gasteiger partial charge < -0.3 is 15.4 Å². The van der Waals surface area contributed by atoms with Gasteiger partial charge in [0, 0.05) is 25.2 Å². The molecule has 5 nitrogen and oxygen atoms in total. The Kier molecular flexibility index (Phi) is 5.38. The molecule has 0 spiro atoms. The molecule has 1 heterocycles. The fourth-order valence-corrected chi connectivity index (χ4v) is 2.35. The van der Waals surface area contributed by atoms with Gasteiger partial charge in [0.25, 0.3) is 0 Å². The number of nitrogens with one attached hydrogen (secondary N) is 1. The van der Waals surface area contributed by atoms with E-state index in [0.29, 0.717) is 6.61 Å². The molecule has 1 fully saturated rings. The van der Waals surface area contributed by atoms with Crippen LogP contribution in [0.25, 0.3) is 0 Å². The molecule has 1 aromatic rings. The van der Waals surface area contributed by atoms with Crippen LogP contribution < -0.4 is 10.5 Å². The highest BCUT2D eigenvalue weighted by molar-refractivity contribution is 5.94. The van der Waals surface area contributed by atoms with Crippen molar-refractivity contribution in [1.29, 1.82) is 5.41 Å². The van der Waals surface area contributed by atoms with Gasteiger partial charge in [0.2, 0.25) is 0 Å². The smallest absolute Gasteiger partial charge is 0.122 e. The summed E-state index contributed by atoms with van der Waals surface area (Å²) in [5, 5.41) is 7.34. The van der Waals surface area contributed by atoms with E-state index < -0.39 is 0 Å². The van der Waals surface area contributed by atoms with Crippen LogP contribution in [0.2, 0.25) is 0 Å². The van der Waals surface area contributed by atoms with Gasteiger partial charge in [-0.3, -0.25) is 10.3 Å².